The molecule has 2 rings (SSSR count). The molecular formula is C12H20F3N. The van der Waals surface area contributed by atoms with Gasteiger partial charge >= 0.3 is 6.18 Å². The molecule has 3 atom stereocenters. The Bertz CT molecular complexity index is 221. The molecule has 2 fully saturated rings. The van der Waals surface area contributed by atoms with Crippen LogP contribution in [0.2, 0.25) is 0 Å². The van der Waals surface area contributed by atoms with Gasteiger partial charge in [0.2, 0.25) is 0 Å². The van der Waals surface area contributed by atoms with Crippen LogP contribution in [0.5, 0.6) is 0 Å². The Balaban J connectivity index is 1.90. The first-order valence-corrected chi connectivity index (χ1v) is 6.37. The molecule has 2 aliphatic rings. The zero-order valence-electron chi connectivity index (χ0n) is 9.52. The van der Waals surface area contributed by atoms with Crippen LogP contribution in [-0.4, -0.2) is 18.8 Å². The van der Waals surface area contributed by atoms with Gasteiger partial charge in [0.25, 0.3) is 0 Å². The van der Waals surface area contributed by atoms with Crippen molar-refractivity contribution in [1.82, 2.24) is 5.32 Å². The largest absolute Gasteiger partial charge is 0.391 e. The van der Waals surface area contributed by atoms with Crippen molar-refractivity contribution in [2.24, 2.45) is 11.8 Å². The third kappa shape index (κ3) is 2.90. The Kier molecular flexibility index (Phi) is 3.77. The summed E-state index contributed by atoms with van der Waals surface area (Å²) in [4.78, 5) is 0. The maximum Gasteiger partial charge on any atom is 0.391 e. The highest BCUT2D eigenvalue weighted by Crippen LogP contribution is 2.41. The Morgan fingerprint density at radius 3 is 2.38 bits per heavy atom. The van der Waals surface area contributed by atoms with Gasteiger partial charge in [0.05, 0.1) is 5.92 Å². The predicted molar refractivity (Wildman–Crippen MR) is 57.1 cm³/mol. The molecule has 4 heteroatoms. The van der Waals surface area contributed by atoms with Gasteiger partial charge in [0.1, 0.15) is 0 Å². The zero-order chi connectivity index (χ0) is 11.6. The lowest BCUT2D eigenvalue weighted by molar-refractivity contribution is -0.186. The van der Waals surface area contributed by atoms with Crippen LogP contribution >= 0.6 is 0 Å². The summed E-state index contributed by atoms with van der Waals surface area (Å²) in [6.45, 7) is 0.984. The summed E-state index contributed by atoms with van der Waals surface area (Å²) in [7, 11) is 0. The first kappa shape index (κ1) is 12.2. The second-order valence-electron chi connectivity index (χ2n) is 5.22. The van der Waals surface area contributed by atoms with Crippen LogP contribution in [0, 0.1) is 11.8 Å². The number of hydrogen-bond acceptors (Lipinski definition) is 1. The van der Waals surface area contributed by atoms with E-state index in [0.717, 1.165) is 25.8 Å². The molecule has 16 heavy (non-hydrogen) atoms. The number of rotatable bonds is 1. The van der Waals surface area contributed by atoms with Crippen molar-refractivity contribution in [1.29, 1.82) is 0 Å². The van der Waals surface area contributed by atoms with E-state index >= 15 is 0 Å². The van der Waals surface area contributed by atoms with E-state index < -0.39 is 12.1 Å². The highest BCUT2D eigenvalue weighted by atomic mass is 19.4. The molecule has 0 radical (unpaired) electrons. The Hall–Kier alpha value is -0.250. The Labute approximate surface area is 94.8 Å². The molecule has 0 bridgehead atoms. The molecule has 1 N–H and O–H groups in total. The van der Waals surface area contributed by atoms with E-state index in [4.69, 9.17) is 0 Å². The minimum absolute atomic E-state index is 0.251. The van der Waals surface area contributed by atoms with Crippen molar-refractivity contribution >= 4 is 0 Å². The van der Waals surface area contributed by atoms with Gasteiger partial charge in [0, 0.05) is 6.04 Å². The van der Waals surface area contributed by atoms with Crippen LogP contribution < -0.4 is 5.32 Å². The second-order valence-corrected chi connectivity index (χ2v) is 5.22. The summed E-state index contributed by atoms with van der Waals surface area (Å²) >= 11 is 0. The molecule has 1 saturated heterocycles. The van der Waals surface area contributed by atoms with Gasteiger partial charge < -0.3 is 5.32 Å². The van der Waals surface area contributed by atoms with Gasteiger partial charge in [-0.1, -0.05) is 12.8 Å². The van der Waals surface area contributed by atoms with E-state index in [2.05, 4.69) is 5.32 Å². The average molecular weight is 235 g/mol. The van der Waals surface area contributed by atoms with Gasteiger partial charge in [-0.25, -0.2) is 0 Å². The fraction of sp³-hybridized carbons (Fsp3) is 1.00. The van der Waals surface area contributed by atoms with E-state index in [1.165, 1.54) is 12.8 Å². The van der Waals surface area contributed by atoms with Crippen LogP contribution in [0.1, 0.15) is 44.9 Å². The summed E-state index contributed by atoms with van der Waals surface area (Å²) in [5.41, 5.74) is 0. The third-order valence-corrected chi connectivity index (χ3v) is 4.10. The van der Waals surface area contributed by atoms with Crippen molar-refractivity contribution < 1.29 is 13.2 Å². The van der Waals surface area contributed by atoms with Gasteiger partial charge in [-0.15, -0.1) is 0 Å². The monoisotopic (exact) mass is 235 g/mol. The quantitative estimate of drug-likeness (QED) is 0.733. The van der Waals surface area contributed by atoms with E-state index in [9.17, 15) is 13.2 Å². The van der Waals surface area contributed by atoms with Crippen LogP contribution in [0.25, 0.3) is 0 Å². The highest BCUT2D eigenvalue weighted by molar-refractivity contribution is 4.86. The number of piperidine rings is 1. The van der Waals surface area contributed by atoms with Crippen molar-refractivity contribution in [2.45, 2.75) is 57.2 Å². The minimum Gasteiger partial charge on any atom is -0.314 e. The van der Waals surface area contributed by atoms with Crippen LogP contribution in [0.15, 0.2) is 0 Å². The number of alkyl halides is 3. The van der Waals surface area contributed by atoms with Crippen LogP contribution in [0.4, 0.5) is 13.2 Å². The fourth-order valence-corrected chi connectivity index (χ4v) is 3.17. The van der Waals surface area contributed by atoms with E-state index in [0.29, 0.717) is 18.9 Å². The lowest BCUT2D eigenvalue weighted by Crippen LogP contribution is -2.43. The standard InChI is InChI=1S/C12H20F3N/c13-12(14,15)10-5-3-4-9(8-10)11-6-1-2-7-16-11/h9-11,16H,1-8H2. The molecule has 1 saturated carbocycles. The molecule has 0 aromatic heterocycles. The molecule has 0 aromatic rings. The second kappa shape index (κ2) is 4.94. The summed E-state index contributed by atoms with van der Waals surface area (Å²) < 4.78 is 38.0. The van der Waals surface area contributed by atoms with Gasteiger partial charge in [-0.05, 0) is 44.6 Å². The Morgan fingerprint density at radius 1 is 0.938 bits per heavy atom. The molecule has 1 aliphatic heterocycles. The van der Waals surface area contributed by atoms with Crippen molar-refractivity contribution in [3.05, 3.63) is 0 Å². The zero-order valence-corrected chi connectivity index (χ0v) is 9.52. The molecule has 0 amide bonds. The molecule has 0 spiro atoms. The lowest BCUT2D eigenvalue weighted by atomic mass is 9.75. The van der Waals surface area contributed by atoms with Crippen LogP contribution in [0.3, 0.4) is 0 Å². The molecule has 1 heterocycles. The summed E-state index contributed by atoms with van der Waals surface area (Å²) in [6.07, 6.45) is 1.84. The first-order valence-electron chi connectivity index (χ1n) is 6.37. The van der Waals surface area contributed by atoms with Gasteiger partial charge in [-0.3, -0.25) is 0 Å². The topological polar surface area (TPSA) is 12.0 Å². The summed E-state index contributed by atoms with van der Waals surface area (Å²) in [5.74, 6) is -0.796. The number of halogens is 3. The maximum absolute atomic E-state index is 12.7. The first-order chi connectivity index (χ1) is 7.57. The van der Waals surface area contributed by atoms with Gasteiger partial charge in [0.15, 0.2) is 0 Å². The average Bonchev–Trinajstić information content (AvgIpc) is 2.29. The fourth-order valence-electron chi connectivity index (χ4n) is 3.17. The molecule has 94 valence electrons. The highest BCUT2D eigenvalue weighted by Gasteiger charge is 2.43. The molecule has 3 unspecified atom stereocenters. The van der Waals surface area contributed by atoms with Gasteiger partial charge in [-0.2, -0.15) is 13.2 Å². The molecule has 1 nitrogen and oxygen atoms in total. The van der Waals surface area contributed by atoms with E-state index in [1.54, 1.807) is 0 Å². The van der Waals surface area contributed by atoms with Crippen molar-refractivity contribution in [2.75, 3.05) is 6.54 Å². The summed E-state index contributed by atoms with van der Waals surface area (Å²) in [5, 5.41) is 3.39. The minimum atomic E-state index is -3.98. The van der Waals surface area contributed by atoms with E-state index in [-0.39, 0.29) is 5.92 Å². The Morgan fingerprint density at radius 2 is 1.75 bits per heavy atom. The van der Waals surface area contributed by atoms with E-state index in [1.807, 2.05) is 0 Å². The summed E-state index contributed by atoms with van der Waals surface area (Å²) in [6, 6.07) is 0.346. The molecule has 0 aromatic carbocycles. The number of nitrogens with one attached hydrogen (secondary N) is 1. The molecular weight excluding hydrogens is 215 g/mol. The van der Waals surface area contributed by atoms with Crippen molar-refractivity contribution in [3.8, 4) is 0 Å². The smallest absolute Gasteiger partial charge is 0.314 e. The van der Waals surface area contributed by atoms with Crippen molar-refractivity contribution in [3.63, 3.8) is 0 Å². The van der Waals surface area contributed by atoms with Crippen LogP contribution in [-0.2, 0) is 0 Å². The SMILES string of the molecule is FC(F)(F)C1CCCC(C2CCCCN2)C1. The maximum atomic E-state index is 12.7. The normalized spacial score (nSPS) is 37.3. The lowest BCUT2D eigenvalue weighted by Gasteiger charge is -2.37. The predicted octanol–water partition coefficient (Wildman–Crippen LogP) is 3.50. The number of hydrogen-bond donors (Lipinski definition) is 1. The third-order valence-electron chi connectivity index (χ3n) is 4.10. The molecule has 1 aliphatic carbocycles.